The van der Waals surface area contributed by atoms with E-state index >= 15 is 0 Å². The molecule has 3 rings (SSSR count). The topological polar surface area (TPSA) is 75.7 Å². The lowest BCUT2D eigenvalue weighted by Crippen LogP contribution is -2.43. The van der Waals surface area contributed by atoms with Crippen LogP contribution in [0, 0.1) is 11.8 Å². The molecule has 1 aliphatic heterocycles. The maximum Gasteiger partial charge on any atom is 0.311 e. The third kappa shape index (κ3) is 4.91. The van der Waals surface area contributed by atoms with Gasteiger partial charge in [-0.15, -0.1) is 0 Å². The van der Waals surface area contributed by atoms with Gasteiger partial charge in [0, 0.05) is 24.7 Å². The molecule has 2 aliphatic rings. The summed E-state index contributed by atoms with van der Waals surface area (Å²) in [6.45, 7) is 4.23. The highest BCUT2D eigenvalue weighted by Gasteiger charge is 2.36. The van der Waals surface area contributed by atoms with Crippen molar-refractivity contribution < 1.29 is 19.1 Å². The van der Waals surface area contributed by atoms with Gasteiger partial charge in [-0.25, -0.2) is 0 Å². The number of ether oxygens (including phenoxy) is 1. The average Bonchev–Trinajstić information content (AvgIpc) is 3.10. The van der Waals surface area contributed by atoms with E-state index in [4.69, 9.17) is 4.74 Å². The lowest BCUT2D eigenvalue weighted by molar-refractivity contribution is -0.152. The standard InChI is InChI=1S/C22H30N2O4/c1-3-16-8-10-18(11-9-16)24-13-17(12-21(24)26)22(27)28-14-20(25)23-19-7-5-4-6-15(19)2/h8-11,15,17,19H,3-7,12-14H2,1-2H3,(H,23,25). The summed E-state index contributed by atoms with van der Waals surface area (Å²) in [4.78, 5) is 38.4. The monoisotopic (exact) mass is 386 g/mol. The summed E-state index contributed by atoms with van der Waals surface area (Å²) >= 11 is 0. The van der Waals surface area contributed by atoms with Gasteiger partial charge in [-0.1, -0.05) is 38.8 Å². The van der Waals surface area contributed by atoms with Gasteiger partial charge in [0.15, 0.2) is 6.61 Å². The molecule has 0 bridgehead atoms. The normalized spacial score (nSPS) is 24.9. The third-order valence-corrected chi connectivity index (χ3v) is 5.92. The Bertz CT molecular complexity index is 716. The Morgan fingerprint density at radius 2 is 1.89 bits per heavy atom. The molecular weight excluding hydrogens is 356 g/mol. The van der Waals surface area contributed by atoms with Crippen molar-refractivity contribution in [1.29, 1.82) is 0 Å². The van der Waals surface area contributed by atoms with Crippen molar-refractivity contribution in [2.45, 2.75) is 58.4 Å². The number of carbonyl (C=O) groups is 3. The Morgan fingerprint density at radius 3 is 2.57 bits per heavy atom. The number of amides is 2. The van der Waals surface area contributed by atoms with Crippen molar-refractivity contribution in [3.8, 4) is 0 Å². The number of aryl methyl sites for hydroxylation is 1. The van der Waals surface area contributed by atoms with E-state index in [-0.39, 0.29) is 30.9 Å². The minimum Gasteiger partial charge on any atom is -0.455 e. The molecule has 0 spiro atoms. The third-order valence-electron chi connectivity index (χ3n) is 5.92. The van der Waals surface area contributed by atoms with Crippen LogP contribution in [0.3, 0.4) is 0 Å². The van der Waals surface area contributed by atoms with E-state index in [1.165, 1.54) is 12.0 Å². The van der Waals surface area contributed by atoms with Gasteiger partial charge in [0.05, 0.1) is 5.92 Å². The SMILES string of the molecule is CCc1ccc(N2CC(C(=O)OCC(=O)NC3CCCCC3C)CC2=O)cc1. The Kier molecular flexibility index (Phi) is 6.70. The van der Waals surface area contributed by atoms with Crippen LogP contribution in [-0.2, 0) is 25.5 Å². The highest BCUT2D eigenvalue weighted by Crippen LogP contribution is 2.26. The summed E-state index contributed by atoms with van der Waals surface area (Å²) in [5.74, 6) is -0.906. The zero-order chi connectivity index (χ0) is 20.1. The molecule has 1 saturated carbocycles. The zero-order valence-corrected chi connectivity index (χ0v) is 16.8. The van der Waals surface area contributed by atoms with E-state index in [9.17, 15) is 14.4 Å². The van der Waals surface area contributed by atoms with E-state index in [0.717, 1.165) is 31.4 Å². The highest BCUT2D eigenvalue weighted by molar-refractivity contribution is 5.99. The van der Waals surface area contributed by atoms with E-state index in [0.29, 0.717) is 12.5 Å². The van der Waals surface area contributed by atoms with E-state index < -0.39 is 11.9 Å². The van der Waals surface area contributed by atoms with Crippen LogP contribution < -0.4 is 10.2 Å². The highest BCUT2D eigenvalue weighted by atomic mass is 16.5. The number of esters is 1. The van der Waals surface area contributed by atoms with Gasteiger partial charge in [0.1, 0.15) is 0 Å². The summed E-state index contributed by atoms with van der Waals surface area (Å²) in [5.41, 5.74) is 1.99. The fraction of sp³-hybridized carbons (Fsp3) is 0.591. The maximum absolute atomic E-state index is 12.3. The minimum absolute atomic E-state index is 0.0910. The van der Waals surface area contributed by atoms with Gasteiger partial charge in [-0.3, -0.25) is 14.4 Å². The maximum atomic E-state index is 12.3. The Labute approximate surface area is 166 Å². The second-order valence-electron chi connectivity index (χ2n) is 7.97. The first-order valence-corrected chi connectivity index (χ1v) is 10.3. The minimum atomic E-state index is -0.528. The number of hydrogen-bond acceptors (Lipinski definition) is 4. The lowest BCUT2D eigenvalue weighted by atomic mass is 9.86. The summed E-state index contributed by atoms with van der Waals surface area (Å²) in [6.07, 6.45) is 5.47. The predicted octanol–water partition coefficient (Wildman–Crippen LogP) is 2.84. The number of carbonyl (C=O) groups excluding carboxylic acids is 3. The molecular formula is C22H30N2O4. The number of benzene rings is 1. The van der Waals surface area contributed by atoms with Crippen LogP contribution in [-0.4, -0.2) is 37.0 Å². The van der Waals surface area contributed by atoms with Gasteiger partial charge in [0.2, 0.25) is 5.91 Å². The molecule has 0 aromatic heterocycles. The summed E-state index contributed by atoms with van der Waals surface area (Å²) in [6, 6.07) is 7.96. The molecule has 1 aromatic rings. The average molecular weight is 386 g/mol. The number of rotatable bonds is 6. The second kappa shape index (κ2) is 9.22. The molecule has 2 amide bonds. The fourth-order valence-electron chi connectivity index (χ4n) is 4.06. The summed E-state index contributed by atoms with van der Waals surface area (Å²) in [5, 5.41) is 2.98. The first-order chi connectivity index (χ1) is 13.5. The van der Waals surface area contributed by atoms with Crippen LogP contribution >= 0.6 is 0 Å². The summed E-state index contributed by atoms with van der Waals surface area (Å²) < 4.78 is 5.20. The van der Waals surface area contributed by atoms with E-state index in [2.05, 4.69) is 19.2 Å². The number of anilines is 1. The lowest BCUT2D eigenvalue weighted by Gasteiger charge is -2.29. The van der Waals surface area contributed by atoms with Crippen molar-refractivity contribution in [2.75, 3.05) is 18.1 Å². The second-order valence-corrected chi connectivity index (χ2v) is 7.97. The first-order valence-electron chi connectivity index (χ1n) is 10.3. The van der Waals surface area contributed by atoms with Crippen molar-refractivity contribution in [2.24, 2.45) is 11.8 Å². The molecule has 6 nitrogen and oxygen atoms in total. The molecule has 3 unspecified atom stereocenters. The Morgan fingerprint density at radius 1 is 1.18 bits per heavy atom. The smallest absolute Gasteiger partial charge is 0.311 e. The van der Waals surface area contributed by atoms with Crippen LogP contribution in [0.2, 0.25) is 0 Å². The molecule has 152 valence electrons. The van der Waals surface area contributed by atoms with Gasteiger partial charge >= 0.3 is 5.97 Å². The first kappa shape index (κ1) is 20.4. The van der Waals surface area contributed by atoms with Gasteiger partial charge in [0.25, 0.3) is 5.91 Å². The Balaban J connectivity index is 1.48. The van der Waals surface area contributed by atoms with Gasteiger partial charge in [-0.2, -0.15) is 0 Å². The van der Waals surface area contributed by atoms with Crippen molar-refractivity contribution in [1.82, 2.24) is 5.32 Å². The number of nitrogens with zero attached hydrogens (tertiary/aromatic N) is 1. The zero-order valence-electron chi connectivity index (χ0n) is 16.8. The van der Waals surface area contributed by atoms with Gasteiger partial charge < -0.3 is 15.0 Å². The molecule has 6 heteroatoms. The molecule has 0 radical (unpaired) electrons. The molecule has 28 heavy (non-hydrogen) atoms. The fourth-order valence-corrected chi connectivity index (χ4v) is 4.06. The molecule has 1 heterocycles. The largest absolute Gasteiger partial charge is 0.455 e. The van der Waals surface area contributed by atoms with Crippen LogP contribution in [0.25, 0.3) is 0 Å². The van der Waals surface area contributed by atoms with E-state index in [1.807, 2.05) is 24.3 Å². The molecule has 1 N–H and O–H groups in total. The Hall–Kier alpha value is -2.37. The molecule has 2 fully saturated rings. The van der Waals surface area contributed by atoms with Crippen molar-refractivity contribution >= 4 is 23.5 Å². The quantitative estimate of drug-likeness (QED) is 0.763. The van der Waals surface area contributed by atoms with Crippen LogP contribution in [0.5, 0.6) is 0 Å². The molecule has 1 saturated heterocycles. The molecule has 1 aliphatic carbocycles. The van der Waals surface area contributed by atoms with Gasteiger partial charge in [-0.05, 0) is 42.9 Å². The van der Waals surface area contributed by atoms with Crippen molar-refractivity contribution in [3.05, 3.63) is 29.8 Å². The van der Waals surface area contributed by atoms with Crippen molar-refractivity contribution in [3.63, 3.8) is 0 Å². The van der Waals surface area contributed by atoms with Crippen LogP contribution in [0.15, 0.2) is 24.3 Å². The molecule has 3 atom stereocenters. The van der Waals surface area contributed by atoms with Crippen LogP contribution in [0.4, 0.5) is 5.69 Å². The number of hydrogen-bond donors (Lipinski definition) is 1. The summed E-state index contributed by atoms with van der Waals surface area (Å²) in [7, 11) is 0. The molecule has 1 aromatic carbocycles. The number of nitrogens with one attached hydrogen (secondary N) is 1. The van der Waals surface area contributed by atoms with Crippen LogP contribution in [0.1, 0.15) is 51.5 Å². The predicted molar refractivity (Wildman–Crippen MR) is 107 cm³/mol. The van der Waals surface area contributed by atoms with E-state index in [1.54, 1.807) is 4.90 Å².